The van der Waals surface area contributed by atoms with Crippen LogP contribution < -0.4 is 10.6 Å². The Morgan fingerprint density at radius 2 is 1.53 bits per heavy atom. The quantitative estimate of drug-likeness (QED) is 0.520. The second kappa shape index (κ2) is 10.3. The number of nitrogens with one attached hydrogen (secondary N) is 2. The van der Waals surface area contributed by atoms with Gasteiger partial charge in [0.05, 0.1) is 0 Å². The minimum Gasteiger partial charge on any atom is -0.480 e. The Hall–Kier alpha value is -3.35. The minimum atomic E-state index is -1.21. The number of fused-ring (bicyclic) bond motifs is 3. The number of benzene rings is 2. The zero-order valence-electron chi connectivity index (χ0n) is 19.5. The van der Waals surface area contributed by atoms with Gasteiger partial charge in [-0.2, -0.15) is 0 Å². The zero-order valence-corrected chi connectivity index (χ0v) is 19.5. The fraction of sp³-hybridized carbons (Fsp3) is 0.444. The van der Waals surface area contributed by atoms with E-state index in [4.69, 9.17) is 4.74 Å². The second-order valence-electron chi connectivity index (χ2n) is 9.42. The van der Waals surface area contributed by atoms with Gasteiger partial charge in [-0.3, -0.25) is 4.79 Å². The predicted molar refractivity (Wildman–Crippen MR) is 128 cm³/mol. The average molecular weight is 465 g/mol. The number of carbonyl (C=O) groups excluding carboxylic acids is 2. The molecule has 0 radical (unpaired) electrons. The highest BCUT2D eigenvalue weighted by atomic mass is 16.5. The van der Waals surface area contributed by atoms with Crippen molar-refractivity contribution in [3.8, 4) is 11.1 Å². The fourth-order valence-electron chi connectivity index (χ4n) is 5.21. The van der Waals surface area contributed by atoms with E-state index in [1.807, 2.05) is 24.3 Å². The lowest BCUT2D eigenvalue weighted by atomic mass is 9.90. The van der Waals surface area contributed by atoms with Gasteiger partial charge >= 0.3 is 12.1 Å². The van der Waals surface area contributed by atoms with Crippen molar-refractivity contribution in [1.82, 2.24) is 10.6 Å². The molecule has 7 nitrogen and oxygen atoms in total. The molecule has 2 aliphatic rings. The van der Waals surface area contributed by atoms with E-state index in [2.05, 4.69) is 34.9 Å². The molecule has 3 N–H and O–H groups in total. The summed E-state index contributed by atoms with van der Waals surface area (Å²) in [5.74, 6) is -1.40. The van der Waals surface area contributed by atoms with Crippen molar-refractivity contribution in [1.29, 1.82) is 0 Å². The largest absolute Gasteiger partial charge is 0.480 e. The van der Waals surface area contributed by atoms with Gasteiger partial charge < -0.3 is 20.5 Å². The summed E-state index contributed by atoms with van der Waals surface area (Å²) in [6.07, 6.45) is 3.77. The standard InChI is InChI=1S/C27H32N2O5/c1-18(16-24(30)29-27(25(31)32)14-8-2-3-9-15-27)28-26(33)34-17-23-21-12-6-4-10-19(21)20-11-5-7-13-22(20)23/h4-7,10-13,18,23H,2-3,8-9,14-17H2,1H3,(H,28,33)(H,29,30)(H,31,32). The summed E-state index contributed by atoms with van der Waals surface area (Å²) >= 11 is 0. The van der Waals surface area contributed by atoms with Crippen molar-refractivity contribution in [3.63, 3.8) is 0 Å². The maximum absolute atomic E-state index is 12.6. The SMILES string of the molecule is CC(CC(=O)NC1(C(=O)O)CCCCCC1)NC(=O)OCC1c2ccccc2-c2ccccc21. The molecule has 4 rings (SSSR count). The van der Waals surface area contributed by atoms with Gasteiger partial charge in [0, 0.05) is 18.4 Å². The normalized spacial score (nSPS) is 17.6. The summed E-state index contributed by atoms with van der Waals surface area (Å²) in [5, 5.41) is 15.2. The summed E-state index contributed by atoms with van der Waals surface area (Å²) < 4.78 is 5.54. The van der Waals surface area contributed by atoms with Crippen LogP contribution in [0.25, 0.3) is 11.1 Å². The molecule has 0 spiro atoms. The second-order valence-corrected chi connectivity index (χ2v) is 9.42. The zero-order chi connectivity index (χ0) is 24.1. The Labute approximate surface area is 199 Å². The molecule has 2 aliphatic carbocycles. The van der Waals surface area contributed by atoms with E-state index in [-0.39, 0.29) is 24.9 Å². The molecule has 2 amide bonds. The van der Waals surface area contributed by atoms with Crippen LogP contribution in [0.5, 0.6) is 0 Å². The Bertz CT molecular complexity index is 1010. The van der Waals surface area contributed by atoms with Crippen molar-refractivity contribution in [2.75, 3.05) is 6.61 Å². The first kappa shape index (κ1) is 23.8. The van der Waals surface area contributed by atoms with E-state index < -0.39 is 23.6 Å². The molecule has 2 aromatic carbocycles. The van der Waals surface area contributed by atoms with Gasteiger partial charge in [0.15, 0.2) is 0 Å². The number of aliphatic carboxylic acids is 1. The van der Waals surface area contributed by atoms with E-state index in [0.29, 0.717) is 12.8 Å². The topological polar surface area (TPSA) is 105 Å². The molecule has 1 saturated carbocycles. The molecule has 7 heteroatoms. The van der Waals surface area contributed by atoms with Gasteiger partial charge in [-0.15, -0.1) is 0 Å². The fourth-order valence-corrected chi connectivity index (χ4v) is 5.21. The summed E-state index contributed by atoms with van der Waals surface area (Å²) in [4.78, 5) is 37.0. The molecule has 0 heterocycles. The van der Waals surface area contributed by atoms with Crippen LogP contribution in [0.2, 0.25) is 0 Å². The van der Waals surface area contributed by atoms with Crippen molar-refractivity contribution in [3.05, 3.63) is 59.7 Å². The third-order valence-corrected chi connectivity index (χ3v) is 6.94. The van der Waals surface area contributed by atoms with Crippen LogP contribution in [0.4, 0.5) is 4.79 Å². The van der Waals surface area contributed by atoms with Gasteiger partial charge in [0.2, 0.25) is 5.91 Å². The lowest BCUT2D eigenvalue weighted by molar-refractivity contribution is -0.148. The van der Waals surface area contributed by atoms with Crippen molar-refractivity contribution in [2.45, 2.75) is 69.4 Å². The third-order valence-electron chi connectivity index (χ3n) is 6.94. The molecular formula is C27H32N2O5. The minimum absolute atomic E-state index is 0.0147. The first-order chi connectivity index (χ1) is 16.4. The van der Waals surface area contributed by atoms with Gasteiger partial charge in [0.25, 0.3) is 0 Å². The van der Waals surface area contributed by atoms with Crippen LogP contribution in [0, 0.1) is 0 Å². The molecule has 0 saturated heterocycles. The highest BCUT2D eigenvalue weighted by Crippen LogP contribution is 2.44. The number of amides is 2. The summed E-state index contributed by atoms with van der Waals surface area (Å²) in [5.41, 5.74) is 3.36. The maximum Gasteiger partial charge on any atom is 0.407 e. The predicted octanol–water partition coefficient (Wildman–Crippen LogP) is 4.60. The first-order valence-electron chi connectivity index (χ1n) is 12.1. The Morgan fingerprint density at radius 1 is 0.971 bits per heavy atom. The van der Waals surface area contributed by atoms with Crippen LogP contribution >= 0.6 is 0 Å². The van der Waals surface area contributed by atoms with Crippen molar-refractivity contribution in [2.24, 2.45) is 0 Å². The van der Waals surface area contributed by atoms with Crippen LogP contribution in [-0.2, 0) is 14.3 Å². The monoisotopic (exact) mass is 464 g/mol. The van der Waals surface area contributed by atoms with Crippen LogP contribution in [0.3, 0.4) is 0 Å². The Kier molecular flexibility index (Phi) is 7.20. The summed E-state index contributed by atoms with van der Waals surface area (Å²) in [6, 6.07) is 15.7. The Morgan fingerprint density at radius 3 is 2.09 bits per heavy atom. The van der Waals surface area contributed by atoms with E-state index in [1.54, 1.807) is 6.92 Å². The highest BCUT2D eigenvalue weighted by Gasteiger charge is 2.40. The number of carbonyl (C=O) groups is 3. The number of alkyl carbamates (subject to hydrolysis) is 1. The molecule has 180 valence electrons. The van der Waals surface area contributed by atoms with Crippen molar-refractivity contribution >= 4 is 18.0 Å². The molecule has 0 aromatic heterocycles. The highest BCUT2D eigenvalue weighted by molar-refractivity contribution is 5.87. The van der Waals surface area contributed by atoms with Gasteiger partial charge in [0.1, 0.15) is 12.1 Å². The van der Waals surface area contributed by atoms with E-state index in [9.17, 15) is 19.5 Å². The number of carboxylic acids is 1. The van der Waals surface area contributed by atoms with E-state index in [1.165, 1.54) is 0 Å². The van der Waals surface area contributed by atoms with Crippen LogP contribution in [-0.4, -0.2) is 41.3 Å². The molecule has 34 heavy (non-hydrogen) atoms. The first-order valence-corrected chi connectivity index (χ1v) is 12.1. The number of carboxylic acid groups (broad SMARTS) is 1. The molecule has 2 aromatic rings. The summed E-state index contributed by atoms with van der Waals surface area (Å²) in [7, 11) is 0. The molecule has 1 fully saturated rings. The van der Waals surface area contributed by atoms with Gasteiger partial charge in [-0.25, -0.2) is 9.59 Å². The molecule has 1 unspecified atom stereocenters. The van der Waals surface area contributed by atoms with Gasteiger partial charge in [-0.1, -0.05) is 74.2 Å². The number of ether oxygens (including phenoxy) is 1. The molecule has 0 bridgehead atoms. The Balaban J connectivity index is 1.31. The lowest BCUT2D eigenvalue weighted by Gasteiger charge is -2.30. The lowest BCUT2D eigenvalue weighted by Crippen LogP contribution is -2.55. The molecule has 0 aliphatic heterocycles. The number of hydrogen-bond donors (Lipinski definition) is 3. The van der Waals surface area contributed by atoms with E-state index in [0.717, 1.165) is 47.9 Å². The summed E-state index contributed by atoms with van der Waals surface area (Å²) in [6.45, 7) is 1.91. The van der Waals surface area contributed by atoms with E-state index >= 15 is 0 Å². The van der Waals surface area contributed by atoms with Crippen LogP contribution in [0.15, 0.2) is 48.5 Å². The van der Waals surface area contributed by atoms with Crippen molar-refractivity contribution < 1.29 is 24.2 Å². The number of hydrogen-bond acceptors (Lipinski definition) is 4. The maximum atomic E-state index is 12.6. The number of rotatable bonds is 7. The smallest absolute Gasteiger partial charge is 0.407 e. The third kappa shape index (κ3) is 5.08. The average Bonchev–Trinajstić information content (AvgIpc) is 2.93. The molecule has 1 atom stereocenters. The van der Waals surface area contributed by atoms with Gasteiger partial charge in [-0.05, 0) is 42.0 Å². The van der Waals surface area contributed by atoms with Crippen LogP contribution in [0.1, 0.15) is 68.9 Å². The molecular weight excluding hydrogens is 432 g/mol.